The van der Waals surface area contributed by atoms with Crippen molar-refractivity contribution in [3.8, 4) is 5.75 Å². The molecule has 2 saturated heterocycles. The first-order valence-electron chi connectivity index (χ1n) is 11.5. The number of sulfonamides is 1. The molecule has 178 valence electrons. The second kappa shape index (κ2) is 10.7. The molecule has 2 aliphatic rings. The highest BCUT2D eigenvalue weighted by molar-refractivity contribution is 7.89. The third kappa shape index (κ3) is 5.61. The van der Waals surface area contributed by atoms with Gasteiger partial charge in [0.1, 0.15) is 5.75 Å². The maximum atomic E-state index is 13.2. The molecule has 0 aliphatic carbocycles. The van der Waals surface area contributed by atoms with E-state index in [4.69, 9.17) is 4.74 Å². The van der Waals surface area contributed by atoms with Crippen LogP contribution in [0.1, 0.15) is 52.4 Å². The lowest BCUT2D eigenvalue weighted by molar-refractivity contribution is -0.137. The van der Waals surface area contributed by atoms with E-state index in [0.717, 1.165) is 25.7 Å². The number of ether oxygens (including phenoxy) is 1. The van der Waals surface area contributed by atoms with Crippen LogP contribution in [0.5, 0.6) is 5.75 Å². The topological polar surface area (TPSA) is 96.0 Å². The fraction of sp³-hybridized carbons (Fsp3) is 0.652. The van der Waals surface area contributed by atoms with Crippen molar-refractivity contribution < 1.29 is 22.7 Å². The number of rotatable bonds is 6. The van der Waals surface area contributed by atoms with Gasteiger partial charge in [0.05, 0.1) is 17.7 Å². The molecule has 0 unspecified atom stereocenters. The van der Waals surface area contributed by atoms with Crippen LogP contribution in [0.15, 0.2) is 23.1 Å². The lowest BCUT2D eigenvalue weighted by Crippen LogP contribution is -2.43. The number of nitrogens with zero attached hydrogens (tertiary/aromatic N) is 2. The van der Waals surface area contributed by atoms with Gasteiger partial charge in [-0.3, -0.25) is 9.59 Å². The third-order valence-corrected chi connectivity index (χ3v) is 8.20. The van der Waals surface area contributed by atoms with E-state index in [0.29, 0.717) is 50.5 Å². The molecule has 0 aromatic heterocycles. The number of likely N-dealkylation sites (tertiary alicyclic amines) is 1. The van der Waals surface area contributed by atoms with Crippen molar-refractivity contribution in [2.45, 2.75) is 57.3 Å². The number of nitrogens with one attached hydrogen (secondary N) is 1. The van der Waals surface area contributed by atoms with Gasteiger partial charge in [-0.15, -0.1) is 0 Å². The number of piperidine rings is 1. The molecule has 0 radical (unpaired) electrons. The van der Waals surface area contributed by atoms with Crippen LogP contribution in [0.25, 0.3) is 0 Å². The number of carbonyl (C=O) groups excluding carboxylic acids is 2. The molecule has 8 nitrogen and oxygen atoms in total. The fourth-order valence-corrected chi connectivity index (χ4v) is 5.88. The molecule has 1 aromatic carbocycles. The van der Waals surface area contributed by atoms with Crippen LogP contribution in [0.2, 0.25) is 0 Å². The fourth-order valence-electron chi connectivity index (χ4n) is 4.34. The van der Waals surface area contributed by atoms with E-state index in [9.17, 15) is 18.0 Å². The molecular formula is C23H35N3O5S. The molecule has 2 heterocycles. The minimum atomic E-state index is -3.64. The number of amides is 2. The van der Waals surface area contributed by atoms with Crippen LogP contribution in [0.4, 0.5) is 5.69 Å². The summed E-state index contributed by atoms with van der Waals surface area (Å²) in [6.07, 6.45) is 4.96. The van der Waals surface area contributed by atoms with Gasteiger partial charge in [-0.25, -0.2) is 8.42 Å². The Morgan fingerprint density at radius 2 is 1.66 bits per heavy atom. The van der Waals surface area contributed by atoms with E-state index in [1.165, 1.54) is 23.5 Å². The monoisotopic (exact) mass is 465 g/mol. The smallest absolute Gasteiger partial charge is 0.243 e. The molecule has 32 heavy (non-hydrogen) atoms. The first kappa shape index (κ1) is 24.5. The molecule has 0 bridgehead atoms. The zero-order valence-electron chi connectivity index (χ0n) is 19.3. The van der Waals surface area contributed by atoms with Crippen molar-refractivity contribution in [2.24, 2.45) is 11.8 Å². The average Bonchev–Trinajstić information content (AvgIpc) is 3.09. The van der Waals surface area contributed by atoms with Gasteiger partial charge in [-0.05, 0) is 43.9 Å². The van der Waals surface area contributed by atoms with E-state index in [2.05, 4.69) is 5.32 Å². The largest absolute Gasteiger partial charge is 0.495 e. The Morgan fingerprint density at radius 1 is 1.03 bits per heavy atom. The third-order valence-electron chi connectivity index (χ3n) is 6.30. The predicted molar refractivity (Wildman–Crippen MR) is 123 cm³/mol. The predicted octanol–water partition coefficient (Wildman–Crippen LogP) is 3.09. The Morgan fingerprint density at radius 3 is 2.22 bits per heavy atom. The van der Waals surface area contributed by atoms with Gasteiger partial charge in [0.2, 0.25) is 21.8 Å². The van der Waals surface area contributed by atoms with E-state index in [-0.39, 0.29) is 28.5 Å². The Bertz CT molecular complexity index is 916. The quantitative estimate of drug-likeness (QED) is 0.696. The summed E-state index contributed by atoms with van der Waals surface area (Å²) in [6, 6.07) is 4.61. The summed E-state index contributed by atoms with van der Waals surface area (Å²) < 4.78 is 33.2. The average molecular weight is 466 g/mol. The number of methoxy groups -OCH3 is 1. The molecule has 3 rings (SSSR count). The van der Waals surface area contributed by atoms with Gasteiger partial charge in [0.25, 0.3) is 0 Å². The molecule has 1 N–H and O–H groups in total. The van der Waals surface area contributed by atoms with Crippen LogP contribution in [-0.4, -0.2) is 62.7 Å². The van der Waals surface area contributed by atoms with E-state index >= 15 is 0 Å². The Balaban J connectivity index is 1.72. The van der Waals surface area contributed by atoms with Crippen molar-refractivity contribution >= 4 is 27.5 Å². The molecule has 2 fully saturated rings. The summed E-state index contributed by atoms with van der Waals surface area (Å²) in [7, 11) is -2.15. The van der Waals surface area contributed by atoms with Gasteiger partial charge in [-0.1, -0.05) is 26.7 Å². The zero-order valence-corrected chi connectivity index (χ0v) is 20.1. The number of carbonyl (C=O) groups is 2. The molecule has 0 atom stereocenters. The van der Waals surface area contributed by atoms with E-state index < -0.39 is 10.0 Å². The van der Waals surface area contributed by atoms with Crippen molar-refractivity contribution in [2.75, 3.05) is 38.6 Å². The summed E-state index contributed by atoms with van der Waals surface area (Å²) in [4.78, 5) is 27.1. The summed E-state index contributed by atoms with van der Waals surface area (Å²) in [5.41, 5.74) is 0.356. The highest BCUT2D eigenvalue weighted by atomic mass is 32.2. The number of hydrogen-bond acceptors (Lipinski definition) is 5. The Kier molecular flexibility index (Phi) is 8.16. The maximum absolute atomic E-state index is 13.2. The molecule has 0 spiro atoms. The zero-order chi connectivity index (χ0) is 23.3. The van der Waals surface area contributed by atoms with Crippen LogP contribution in [-0.2, 0) is 19.6 Å². The normalized spacial score (nSPS) is 18.9. The standard InChI is InChI=1S/C23H35N3O5S/c1-17(2)23(28)25-14-10-18(11-15-25)22(27)24-20-16-19(8-9-21(20)31-3)32(29,30)26-12-6-4-5-7-13-26/h8-9,16-18H,4-7,10-15H2,1-3H3,(H,24,27). The number of hydrogen-bond donors (Lipinski definition) is 1. The van der Waals surface area contributed by atoms with Crippen molar-refractivity contribution in [3.05, 3.63) is 18.2 Å². The van der Waals surface area contributed by atoms with Gasteiger partial charge in [0, 0.05) is 38.0 Å². The molecule has 9 heteroatoms. The van der Waals surface area contributed by atoms with Gasteiger partial charge in [-0.2, -0.15) is 4.31 Å². The lowest BCUT2D eigenvalue weighted by Gasteiger charge is -2.32. The summed E-state index contributed by atoms with van der Waals surface area (Å²) >= 11 is 0. The minimum Gasteiger partial charge on any atom is -0.495 e. The Labute approximate surface area is 191 Å². The Hall–Kier alpha value is -2.13. The minimum absolute atomic E-state index is 0.0569. The molecule has 2 amide bonds. The summed E-state index contributed by atoms with van der Waals surface area (Å²) in [5.74, 6) is 0.0575. The SMILES string of the molecule is COc1ccc(S(=O)(=O)N2CCCCCC2)cc1NC(=O)C1CCN(C(=O)C(C)C)CC1. The second-order valence-corrected chi connectivity index (χ2v) is 10.9. The second-order valence-electron chi connectivity index (χ2n) is 8.92. The molecular weight excluding hydrogens is 430 g/mol. The van der Waals surface area contributed by atoms with Crippen LogP contribution in [0, 0.1) is 11.8 Å². The van der Waals surface area contributed by atoms with E-state index in [1.54, 1.807) is 6.07 Å². The highest BCUT2D eigenvalue weighted by Crippen LogP contribution is 2.31. The van der Waals surface area contributed by atoms with Crippen molar-refractivity contribution in [1.82, 2.24) is 9.21 Å². The summed E-state index contributed by atoms with van der Waals surface area (Å²) in [5, 5.41) is 2.88. The molecule has 1 aromatic rings. The van der Waals surface area contributed by atoms with Crippen LogP contribution >= 0.6 is 0 Å². The molecule has 2 aliphatic heterocycles. The van der Waals surface area contributed by atoms with Crippen molar-refractivity contribution in [1.29, 1.82) is 0 Å². The van der Waals surface area contributed by atoms with E-state index in [1.807, 2.05) is 18.7 Å². The first-order valence-corrected chi connectivity index (χ1v) is 13.0. The van der Waals surface area contributed by atoms with Crippen LogP contribution < -0.4 is 10.1 Å². The van der Waals surface area contributed by atoms with Gasteiger partial charge in [0.15, 0.2) is 0 Å². The van der Waals surface area contributed by atoms with Gasteiger partial charge < -0.3 is 15.0 Å². The first-order chi connectivity index (χ1) is 15.2. The summed E-state index contributed by atoms with van der Waals surface area (Å²) in [6.45, 7) is 5.89. The molecule has 0 saturated carbocycles. The number of anilines is 1. The maximum Gasteiger partial charge on any atom is 0.243 e. The van der Waals surface area contributed by atoms with Gasteiger partial charge >= 0.3 is 0 Å². The lowest BCUT2D eigenvalue weighted by atomic mass is 9.95. The number of benzene rings is 1. The van der Waals surface area contributed by atoms with Crippen LogP contribution in [0.3, 0.4) is 0 Å². The highest BCUT2D eigenvalue weighted by Gasteiger charge is 2.30. The van der Waals surface area contributed by atoms with Crippen molar-refractivity contribution in [3.63, 3.8) is 0 Å².